The average Bonchev–Trinajstić information content (AvgIpc) is 2.33. The molecule has 0 saturated heterocycles. The summed E-state index contributed by atoms with van der Waals surface area (Å²) in [6.45, 7) is 0.305. The first-order valence-electron chi connectivity index (χ1n) is 5.26. The second-order valence-corrected chi connectivity index (χ2v) is 5.48. The molecule has 0 bridgehead atoms. The largest absolute Gasteiger partial charge is 0.385 e. The molecule has 0 aromatic heterocycles. The molecule has 0 atom stereocenters. The standard InChI is InChI=1S/C10H12N4O4S/c11-7-8-2-3-9(6-10(8)14(15)16)13-4-1-5-19(12,17)18/h2-3,6,13H,1,4-5H2,(H2,12,17,18). The Kier molecular flexibility index (Phi) is 4.80. The zero-order chi connectivity index (χ0) is 14.5. The number of anilines is 1. The maximum Gasteiger partial charge on any atom is 0.289 e. The third-order valence-electron chi connectivity index (χ3n) is 2.25. The number of nitrogens with zero attached hydrogens (tertiary/aromatic N) is 2. The number of nitrogens with one attached hydrogen (secondary N) is 1. The first-order valence-corrected chi connectivity index (χ1v) is 6.98. The number of nitriles is 1. The van der Waals surface area contributed by atoms with E-state index in [9.17, 15) is 18.5 Å². The van der Waals surface area contributed by atoms with Crippen LogP contribution < -0.4 is 10.5 Å². The van der Waals surface area contributed by atoms with E-state index in [2.05, 4.69) is 5.32 Å². The predicted octanol–water partition coefficient (Wildman–Crippen LogP) is 0.557. The summed E-state index contributed by atoms with van der Waals surface area (Å²) in [6.07, 6.45) is 0.284. The molecule has 8 nitrogen and oxygen atoms in total. The molecule has 19 heavy (non-hydrogen) atoms. The molecule has 0 unspecified atom stereocenters. The van der Waals surface area contributed by atoms with Crippen LogP contribution in [-0.4, -0.2) is 25.6 Å². The van der Waals surface area contributed by atoms with E-state index in [0.29, 0.717) is 12.2 Å². The van der Waals surface area contributed by atoms with E-state index in [4.69, 9.17) is 10.4 Å². The van der Waals surface area contributed by atoms with Gasteiger partial charge in [-0.05, 0) is 18.6 Å². The van der Waals surface area contributed by atoms with Crippen LogP contribution in [0.25, 0.3) is 0 Å². The van der Waals surface area contributed by atoms with Crippen molar-refractivity contribution in [1.29, 1.82) is 5.26 Å². The highest BCUT2D eigenvalue weighted by molar-refractivity contribution is 7.89. The van der Waals surface area contributed by atoms with Crippen LogP contribution in [0.2, 0.25) is 0 Å². The summed E-state index contributed by atoms with van der Waals surface area (Å²) in [6, 6.07) is 5.81. The van der Waals surface area contributed by atoms with Gasteiger partial charge in [0, 0.05) is 18.3 Å². The molecule has 9 heteroatoms. The van der Waals surface area contributed by atoms with Crippen molar-refractivity contribution in [3.63, 3.8) is 0 Å². The highest BCUT2D eigenvalue weighted by Crippen LogP contribution is 2.22. The maximum absolute atomic E-state index is 10.7. The molecule has 0 aliphatic heterocycles. The Morgan fingerprint density at radius 1 is 1.47 bits per heavy atom. The van der Waals surface area contributed by atoms with E-state index in [0.717, 1.165) is 0 Å². The number of benzene rings is 1. The van der Waals surface area contributed by atoms with Crippen molar-refractivity contribution in [2.24, 2.45) is 5.14 Å². The van der Waals surface area contributed by atoms with Crippen LogP contribution in [0.1, 0.15) is 12.0 Å². The van der Waals surface area contributed by atoms with Gasteiger partial charge in [-0.15, -0.1) is 0 Å². The van der Waals surface area contributed by atoms with Crippen molar-refractivity contribution in [2.45, 2.75) is 6.42 Å². The van der Waals surface area contributed by atoms with E-state index < -0.39 is 14.9 Å². The Bertz CT molecular complexity index is 621. The summed E-state index contributed by atoms with van der Waals surface area (Å²) in [4.78, 5) is 10.1. The molecular weight excluding hydrogens is 272 g/mol. The van der Waals surface area contributed by atoms with Gasteiger partial charge in [-0.2, -0.15) is 5.26 Å². The minimum absolute atomic E-state index is 0.0277. The summed E-state index contributed by atoms with van der Waals surface area (Å²) in [7, 11) is -3.50. The van der Waals surface area contributed by atoms with Crippen LogP contribution in [-0.2, 0) is 10.0 Å². The molecule has 102 valence electrons. The summed E-state index contributed by atoms with van der Waals surface area (Å²) >= 11 is 0. The molecule has 0 saturated carbocycles. The van der Waals surface area contributed by atoms with Crippen LogP contribution in [0.15, 0.2) is 18.2 Å². The summed E-state index contributed by atoms with van der Waals surface area (Å²) < 4.78 is 21.4. The van der Waals surface area contributed by atoms with Crippen LogP contribution in [0.3, 0.4) is 0 Å². The highest BCUT2D eigenvalue weighted by atomic mass is 32.2. The SMILES string of the molecule is N#Cc1ccc(NCCCS(N)(=O)=O)cc1[N+](=O)[O-]. The minimum atomic E-state index is -3.50. The Labute approximate surface area is 110 Å². The van der Waals surface area contributed by atoms with Gasteiger partial charge in [-0.25, -0.2) is 13.6 Å². The molecule has 1 aromatic carbocycles. The minimum Gasteiger partial charge on any atom is -0.385 e. The zero-order valence-electron chi connectivity index (χ0n) is 9.87. The van der Waals surface area contributed by atoms with Gasteiger partial charge >= 0.3 is 0 Å². The lowest BCUT2D eigenvalue weighted by atomic mass is 10.2. The predicted molar refractivity (Wildman–Crippen MR) is 68.9 cm³/mol. The van der Waals surface area contributed by atoms with Gasteiger partial charge in [0.25, 0.3) is 5.69 Å². The average molecular weight is 284 g/mol. The Morgan fingerprint density at radius 2 is 2.16 bits per heavy atom. The van der Waals surface area contributed by atoms with E-state index in [-0.39, 0.29) is 23.4 Å². The van der Waals surface area contributed by atoms with Gasteiger partial charge in [0.05, 0.1) is 10.7 Å². The van der Waals surface area contributed by atoms with E-state index in [1.807, 2.05) is 0 Å². The highest BCUT2D eigenvalue weighted by Gasteiger charge is 2.14. The normalized spacial score (nSPS) is 10.7. The number of nitro benzene ring substituents is 1. The maximum atomic E-state index is 10.7. The lowest BCUT2D eigenvalue weighted by molar-refractivity contribution is -0.385. The molecule has 0 amide bonds. The van der Waals surface area contributed by atoms with Crippen LogP contribution in [0.4, 0.5) is 11.4 Å². The number of hydrogen-bond donors (Lipinski definition) is 2. The molecule has 0 aliphatic carbocycles. The number of hydrogen-bond acceptors (Lipinski definition) is 6. The summed E-state index contributed by atoms with van der Waals surface area (Å²) in [5.74, 6) is -0.168. The molecule has 0 spiro atoms. The van der Waals surface area contributed by atoms with Crippen molar-refractivity contribution >= 4 is 21.4 Å². The van der Waals surface area contributed by atoms with Crippen molar-refractivity contribution < 1.29 is 13.3 Å². The third kappa shape index (κ3) is 4.90. The lowest BCUT2D eigenvalue weighted by Gasteiger charge is -2.06. The molecular formula is C10H12N4O4S. The number of rotatable bonds is 6. The fourth-order valence-electron chi connectivity index (χ4n) is 1.39. The monoisotopic (exact) mass is 284 g/mol. The van der Waals surface area contributed by atoms with Gasteiger partial charge in [-0.3, -0.25) is 10.1 Å². The Morgan fingerprint density at radius 3 is 2.68 bits per heavy atom. The zero-order valence-corrected chi connectivity index (χ0v) is 10.7. The number of nitro groups is 1. The van der Waals surface area contributed by atoms with Gasteiger partial charge in [0.2, 0.25) is 10.0 Å². The summed E-state index contributed by atoms with van der Waals surface area (Å²) in [5.41, 5.74) is 0.124. The van der Waals surface area contributed by atoms with Crippen molar-refractivity contribution in [3.05, 3.63) is 33.9 Å². The second-order valence-electron chi connectivity index (χ2n) is 3.75. The quantitative estimate of drug-likeness (QED) is 0.444. The van der Waals surface area contributed by atoms with Crippen molar-refractivity contribution in [3.8, 4) is 6.07 Å². The Hall–Kier alpha value is -2.18. The molecule has 0 heterocycles. The van der Waals surface area contributed by atoms with Gasteiger partial charge in [0.15, 0.2) is 0 Å². The smallest absolute Gasteiger partial charge is 0.289 e. The van der Waals surface area contributed by atoms with E-state index >= 15 is 0 Å². The first-order chi connectivity index (χ1) is 8.83. The van der Waals surface area contributed by atoms with Crippen LogP contribution in [0.5, 0.6) is 0 Å². The van der Waals surface area contributed by atoms with Crippen molar-refractivity contribution in [1.82, 2.24) is 0 Å². The molecule has 1 aromatic rings. The second kappa shape index (κ2) is 6.12. The van der Waals surface area contributed by atoms with E-state index in [1.165, 1.54) is 18.2 Å². The third-order valence-corrected chi connectivity index (χ3v) is 3.11. The fourth-order valence-corrected chi connectivity index (χ4v) is 1.94. The van der Waals surface area contributed by atoms with Gasteiger partial charge < -0.3 is 5.32 Å². The Balaban J connectivity index is 2.68. The molecule has 1 rings (SSSR count). The number of nitrogens with two attached hydrogens (primary N) is 1. The molecule has 3 N–H and O–H groups in total. The van der Waals surface area contributed by atoms with Crippen LogP contribution >= 0.6 is 0 Å². The lowest BCUT2D eigenvalue weighted by Crippen LogP contribution is -2.18. The molecule has 0 radical (unpaired) electrons. The van der Waals surface area contributed by atoms with Gasteiger partial charge in [0.1, 0.15) is 11.6 Å². The first kappa shape index (κ1) is 14.9. The van der Waals surface area contributed by atoms with Gasteiger partial charge in [-0.1, -0.05) is 0 Å². The summed E-state index contributed by atoms with van der Waals surface area (Å²) in [5, 5.41) is 27.1. The molecule has 0 aliphatic rings. The number of primary sulfonamides is 1. The fraction of sp³-hybridized carbons (Fsp3) is 0.300. The van der Waals surface area contributed by atoms with E-state index in [1.54, 1.807) is 6.07 Å². The topological polar surface area (TPSA) is 139 Å². The van der Waals surface area contributed by atoms with Crippen molar-refractivity contribution in [2.75, 3.05) is 17.6 Å². The number of sulfonamides is 1. The molecule has 0 fully saturated rings. The van der Waals surface area contributed by atoms with Crippen LogP contribution in [0, 0.1) is 21.4 Å².